The van der Waals surface area contributed by atoms with Crippen molar-refractivity contribution in [3.8, 4) is 11.1 Å². The number of carboxylic acids is 1. The number of carboxylic acid groups (broad SMARTS) is 1. The molecule has 2 aromatic carbocycles. The molecule has 0 saturated carbocycles. The van der Waals surface area contributed by atoms with E-state index in [1.165, 1.54) is 4.90 Å². The predicted molar refractivity (Wildman–Crippen MR) is 129 cm³/mol. The van der Waals surface area contributed by atoms with Gasteiger partial charge in [0.05, 0.1) is 0 Å². The fraction of sp³-hybridized carbons (Fsp3) is 0.444. The van der Waals surface area contributed by atoms with Crippen molar-refractivity contribution in [2.75, 3.05) is 13.2 Å². The number of hydrogen-bond donors (Lipinski definition) is 2. The van der Waals surface area contributed by atoms with E-state index in [9.17, 15) is 19.5 Å². The van der Waals surface area contributed by atoms with Gasteiger partial charge in [0.15, 0.2) is 0 Å². The Bertz CT molecular complexity index is 1040. The molecule has 2 aliphatic rings. The Hall–Kier alpha value is -3.35. The van der Waals surface area contributed by atoms with Gasteiger partial charge < -0.3 is 20.1 Å². The monoisotopic (exact) mass is 464 g/mol. The maximum Gasteiger partial charge on any atom is 0.407 e. The maximum absolute atomic E-state index is 13.3. The van der Waals surface area contributed by atoms with Crippen molar-refractivity contribution < 1.29 is 24.2 Å². The topological polar surface area (TPSA) is 95.9 Å². The second-order valence-electron chi connectivity index (χ2n) is 9.09. The van der Waals surface area contributed by atoms with E-state index in [0.29, 0.717) is 38.6 Å². The van der Waals surface area contributed by atoms with Crippen LogP contribution in [0.4, 0.5) is 4.79 Å². The quantitative estimate of drug-likeness (QED) is 0.598. The zero-order valence-corrected chi connectivity index (χ0v) is 19.8. The predicted octanol–water partition coefficient (Wildman–Crippen LogP) is 4.55. The second kappa shape index (κ2) is 9.87. The highest BCUT2D eigenvalue weighted by Gasteiger charge is 2.49. The van der Waals surface area contributed by atoms with E-state index >= 15 is 0 Å². The fourth-order valence-electron chi connectivity index (χ4n) is 5.46. The summed E-state index contributed by atoms with van der Waals surface area (Å²) < 4.78 is 5.62. The van der Waals surface area contributed by atoms with Gasteiger partial charge in [-0.05, 0) is 47.9 Å². The van der Waals surface area contributed by atoms with Gasteiger partial charge in [-0.2, -0.15) is 0 Å². The van der Waals surface area contributed by atoms with Gasteiger partial charge in [-0.3, -0.25) is 4.79 Å². The Morgan fingerprint density at radius 1 is 1.09 bits per heavy atom. The molecule has 0 aromatic heterocycles. The van der Waals surface area contributed by atoms with Crippen LogP contribution in [0.2, 0.25) is 0 Å². The Morgan fingerprint density at radius 2 is 1.71 bits per heavy atom. The number of fused-ring (bicyclic) bond motifs is 3. The third-order valence-electron chi connectivity index (χ3n) is 7.25. The van der Waals surface area contributed by atoms with Crippen LogP contribution in [-0.2, 0) is 14.3 Å². The average Bonchev–Trinajstić information content (AvgIpc) is 3.42. The number of likely N-dealkylation sites (tertiary alicyclic amines) is 1. The van der Waals surface area contributed by atoms with E-state index in [1.807, 2.05) is 43.3 Å². The van der Waals surface area contributed by atoms with Crippen LogP contribution in [0.1, 0.15) is 63.0 Å². The standard InChI is InChI=1S/C27H32N2O5/c1-3-10-23(24(30)29-16-9-15-27(29,4-2)25(31)32)28-26(33)34-17-22-20-13-7-5-11-18(20)19-12-6-8-14-21(19)22/h5-8,11-14,22-23H,3-4,9-10,15-17H2,1-2H3,(H,28,33)(H,31,32)/t23-,27?/m1/s1. The molecule has 2 aromatic rings. The summed E-state index contributed by atoms with van der Waals surface area (Å²) in [7, 11) is 0. The first-order chi connectivity index (χ1) is 16.4. The molecule has 1 unspecified atom stereocenters. The molecule has 0 radical (unpaired) electrons. The maximum atomic E-state index is 13.3. The van der Waals surface area contributed by atoms with E-state index in [2.05, 4.69) is 17.4 Å². The molecule has 1 heterocycles. The Kier molecular flexibility index (Phi) is 6.91. The van der Waals surface area contributed by atoms with Gasteiger partial charge in [0.25, 0.3) is 0 Å². The lowest BCUT2D eigenvalue weighted by molar-refractivity contribution is -0.157. The van der Waals surface area contributed by atoms with Crippen LogP contribution in [0.25, 0.3) is 11.1 Å². The third kappa shape index (κ3) is 4.15. The van der Waals surface area contributed by atoms with Crippen molar-refractivity contribution in [3.63, 3.8) is 0 Å². The van der Waals surface area contributed by atoms with Crippen molar-refractivity contribution in [1.82, 2.24) is 10.2 Å². The number of amides is 2. The number of rotatable bonds is 8. The molecular weight excluding hydrogens is 432 g/mol. The minimum absolute atomic E-state index is 0.0724. The van der Waals surface area contributed by atoms with Gasteiger partial charge in [-0.1, -0.05) is 68.8 Å². The van der Waals surface area contributed by atoms with Crippen LogP contribution in [0.5, 0.6) is 0 Å². The number of nitrogens with zero attached hydrogens (tertiary/aromatic N) is 1. The van der Waals surface area contributed by atoms with Gasteiger partial charge >= 0.3 is 12.1 Å². The summed E-state index contributed by atoms with van der Waals surface area (Å²) in [6.45, 7) is 4.25. The number of hydrogen-bond acceptors (Lipinski definition) is 4. The largest absolute Gasteiger partial charge is 0.479 e. The second-order valence-corrected chi connectivity index (χ2v) is 9.09. The van der Waals surface area contributed by atoms with E-state index in [4.69, 9.17) is 4.74 Å². The molecular formula is C27H32N2O5. The molecule has 1 saturated heterocycles. The number of aliphatic carboxylic acids is 1. The summed E-state index contributed by atoms with van der Waals surface area (Å²) in [5.41, 5.74) is 3.31. The molecule has 1 aliphatic carbocycles. The summed E-state index contributed by atoms with van der Waals surface area (Å²) in [6, 6.07) is 15.4. The minimum atomic E-state index is -1.20. The lowest BCUT2D eigenvalue weighted by atomic mass is 9.92. The van der Waals surface area contributed by atoms with Gasteiger partial charge in [0, 0.05) is 12.5 Å². The Labute approximate surface area is 200 Å². The van der Waals surface area contributed by atoms with E-state index in [0.717, 1.165) is 22.3 Å². The molecule has 1 fully saturated rings. The molecule has 7 nitrogen and oxygen atoms in total. The van der Waals surface area contributed by atoms with Crippen LogP contribution >= 0.6 is 0 Å². The minimum Gasteiger partial charge on any atom is -0.479 e. The zero-order chi connectivity index (χ0) is 24.3. The number of ether oxygens (including phenoxy) is 1. The number of alkyl carbamates (subject to hydrolysis) is 1. The molecule has 7 heteroatoms. The first-order valence-electron chi connectivity index (χ1n) is 12.1. The van der Waals surface area contributed by atoms with Crippen molar-refractivity contribution in [1.29, 1.82) is 0 Å². The molecule has 2 atom stereocenters. The Balaban J connectivity index is 1.45. The molecule has 34 heavy (non-hydrogen) atoms. The molecule has 180 valence electrons. The van der Waals surface area contributed by atoms with E-state index < -0.39 is 23.6 Å². The molecule has 0 spiro atoms. The van der Waals surface area contributed by atoms with Crippen LogP contribution in [-0.4, -0.2) is 52.7 Å². The van der Waals surface area contributed by atoms with Crippen LogP contribution < -0.4 is 5.32 Å². The summed E-state index contributed by atoms with van der Waals surface area (Å²) in [5, 5.41) is 12.6. The summed E-state index contributed by atoms with van der Waals surface area (Å²) in [5.74, 6) is -1.41. The zero-order valence-electron chi connectivity index (χ0n) is 19.8. The SMILES string of the molecule is CCC[C@@H](NC(=O)OCC1c2ccccc2-c2ccccc21)C(=O)N1CCCC1(CC)C(=O)O. The molecule has 4 rings (SSSR count). The van der Waals surface area contributed by atoms with E-state index in [-0.39, 0.29) is 18.4 Å². The number of carbonyl (C=O) groups excluding carboxylic acids is 2. The number of nitrogens with one attached hydrogen (secondary N) is 1. The highest BCUT2D eigenvalue weighted by Crippen LogP contribution is 2.44. The summed E-state index contributed by atoms with van der Waals surface area (Å²) >= 11 is 0. The molecule has 0 bridgehead atoms. The molecule has 2 amide bonds. The van der Waals surface area contributed by atoms with Crippen molar-refractivity contribution in [2.45, 2.75) is 63.5 Å². The highest BCUT2D eigenvalue weighted by molar-refractivity contribution is 5.92. The lowest BCUT2D eigenvalue weighted by Crippen LogP contribution is -2.58. The first kappa shape index (κ1) is 23.8. The number of benzene rings is 2. The van der Waals surface area contributed by atoms with Crippen molar-refractivity contribution in [2.24, 2.45) is 0 Å². The van der Waals surface area contributed by atoms with E-state index in [1.54, 1.807) is 6.92 Å². The smallest absolute Gasteiger partial charge is 0.407 e. The summed E-state index contributed by atoms with van der Waals surface area (Å²) in [4.78, 5) is 39.6. The average molecular weight is 465 g/mol. The highest BCUT2D eigenvalue weighted by atomic mass is 16.5. The third-order valence-corrected chi connectivity index (χ3v) is 7.25. The normalized spacial score (nSPS) is 19.9. The van der Waals surface area contributed by atoms with Crippen LogP contribution in [0.15, 0.2) is 48.5 Å². The van der Waals surface area contributed by atoms with Crippen molar-refractivity contribution >= 4 is 18.0 Å². The molecule has 1 aliphatic heterocycles. The Morgan fingerprint density at radius 3 is 2.26 bits per heavy atom. The number of carbonyl (C=O) groups is 3. The van der Waals surface area contributed by atoms with Gasteiger partial charge in [0.2, 0.25) is 5.91 Å². The van der Waals surface area contributed by atoms with Gasteiger partial charge in [0.1, 0.15) is 18.2 Å². The van der Waals surface area contributed by atoms with Crippen molar-refractivity contribution in [3.05, 3.63) is 59.7 Å². The fourth-order valence-corrected chi connectivity index (χ4v) is 5.46. The van der Waals surface area contributed by atoms with Gasteiger partial charge in [-0.15, -0.1) is 0 Å². The van der Waals surface area contributed by atoms with Gasteiger partial charge in [-0.25, -0.2) is 9.59 Å². The molecule has 2 N–H and O–H groups in total. The lowest BCUT2D eigenvalue weighted by Gasteiger charge is -2.36. The summed E-state index contributed by atoms with van der Waals surface area (Å²) in [6.07, 6.45) is 1.81. The van der Waals surface area contributed by atoms with Crippen LogP contribution in [0.3, 0.4) is 0 Å². The first-order valence-corrected chi connectivity index (χ1v) is 12.1. The van der Waals surface area contributed by atoms with Crippen LogP contribution in [0, 0.1) is 0 Å².